The molecule has 1 aromatic carbocycles. The molecule has 3 aromatic heterocycles. The lowest BCUT2D eigenvalue weighted by molar-refractivity contribution is 0.0739. The molecule has 1 aliphatic heterocycles. The van der Waals surface area contributed by atoms with Gasteiger partial charge in [-0.15, -0.1) is 0 Å². The third-order valence-corrected chi connectivity index (χ3v) is 6.42. The highest BCUT2D eigenvalue weighted by molar-refractivity contribution is 7.22. The van der Waals surface area contributed by atoms with E-state index in [4.69, 9.17) is 9.72 Å². The van der Waals surface area contributed by atoms with Gasteiger partial charge in [0.15, 0.2) is 5.13 Å². The number of carbonyl (C=O) groups is 1. The minimum absolute atomic E-state index is 0.0341. The Bertz CT molecular complexity index is 1210. The van der Waals surface area contributed by atoms with Gasteiger partial charge in [0.1, 0.15) is 22.6 Å². The highest BCUT2D eigenvalue weighted by atomic mass is 32.1. The van der Waals surface area contributed by atoms with E-state index < -0.39 is 0 Å². The Kier molecular flexibility index (Phi) is 4.35. The fourth-order valence-corrected chi connectivity index (χ4v) is 4.87. The van der Waals surface area contributed by atoms with Gasteiger partial charge in [-0.05, 0) is 31.2 Å². The first-order valence-electron chi connectivity index (χ1n) is 9.57. The highest BCUT2D eigenvalue weighted by Gasteiger charge is 2.27. The van der Waals surface area contributed by atoms with E-state index >= 15 is 0 Å². The molecule has 29 heavy (non-hydrogen) atoms. The number of imidazole rings is 1. The number of aryl methyl sites for hydroxylation is 1. The van der Waals surface area contributed by atoms with Crippen LogP contribution in [0.3, 0.4) is 0 Å². The lowest BCUT2D eigenvalue weighted by atomic mass is 10.2. The number of para-hydroxylation sites is 1. The summed E-state index contributed by atoms with van der Waals surface area (Å²) in [7, 11) is 1.67. The predicted octanol–water partition coefficient (Wildman–Crippen LogP) is 3.22. The number of fused-ring (bicyclic) bond motifs is 2. The Morgan fingerprint density at radius 1 is 1.07 bits per heavy atom. The van der Waals surface area contributed by atoms with Gasteiger partial charge in [-0.3, -0.25) is 9.20 Å². The molecule has 0 bridgehead atoms. The number of nitrogens with zero attached hydrogens (tertiary/aromatic N) is 5. The van der Waals surface area contributed by atoms with Crippen LogP contribution in [0, 0.1) is 6.92 Å². The summed E-state index contributed by atoms with van der Waals surface area (Å²) in [6.45, 7) is 4.72. The van der Waals surface area contributed by atoms with Crippen molar-refractivity contribution >= 4 is 38.2 Å². The zero-order valence-corrected chi connectivity index (χ0v) is 17.1. The maximum atomic E-state index is 13.2. The first kappa shape index (κ1) is 17.9. The third-order valence-electron chi connectivity index (χ3n) is 5.33. The van der Waals surface area contributed by atoms with Crippen molar-refractivity contribution in [1.29, 1.82) is 0 Å². The number of amides is 1. The van der Waals surface area contributed by atoms with Crippen LogP contribution in [0.25, 0.3) is 15.9 Å². The summed E-state index contributed by atoms with van der Waals surface area (Å²) in [5.74, 6) is 0.828. The van der Waals surface area contributed by atoms with Crippen LogP contribution in [-0.4, -0.2) is 58.5 Å². The normalized spacial score (nSPS) is 14.7. The molecular weight excluding hydrogens is 386 g/mol. The second-order valence-electron chi connectivity index (χ2n) is 7.06. The van der Waals surface area contributed by atoms with Crippen LogP contribution in [0.1, 0.15) is 16.2 Å². The standard InChI is InChI=1S/C21H21N5O2S/c1-14-19(26-9-4-3-8-17(26)22-14)20(27)24-10-12-25(13-11-24)21-23-18-15(28-2)6-5-7-16(18)29-21/h3-9H,10-13H2,1-2H3. The summed E-state index contributed by atoms with van der Waals surface area (Å²) < 4.78 is 8.42. The molecule has 0 unspecified atom stereocenters. The maximum absolute atomic E-state index is 13.2. The maximum Gasteiger partial charge on any atom is 0.272 e. The lowest BCUT2D eigenvalue weighted by Crippen LogP contribution is -2.49. The first-order valence-corrected chi connectivity index (χ1v) is 10.4. The van der Waals surface area contributed by atoms with E-state index in [1.807, 2.05) is 52.8 Å². The molecule has 0 atom stereocenters. The first-order chi connectivity index (χ1) is 14.2. The van der Waals surface area contributed by atoms with Crippen LogP contribution in [-0.2, 0) is 0 Å². The van der Waals surface area contributed by atoms with E-state index in [0.29, 0.717) is 18.8 Å². The fraction of sp³-hybridized carbons (Fsp3) is 0.286. The van der Waals surface area contributed by atoms with Gasteiger partial charge in [-0.25, -0.2) is 9.97 Å². The van der Waals surface area contributed by atoms with Crippen LogP contribution >= 0.6 is 11.3 Å². The number of benzene rings is 1. The van der Waals surface area contributed by atoms with Gasteiger partial charge in [0.2, 0.25) is 0 Å². The zero-order chi connectivity index (χ0) is 20.0. The Balaban J connectivity index is 1.35. The molecule has 4 heterocycles. The number of rotatable bonds is 3. The highest BCUT2D eigenvalue weighted by Crippen LogP contribution is 2.34. The van der Waals surface area contributed by atoms with Gasteiger partial charge in [-0.2, -0.15) is 0 Å². The summed E-state index contributed by atoms with van der Waals surface area (Å²) in [6.07, 6.45) is 1.90. The molecular formula is C21H21N5O2S. The van der Waals surface area contributed by atoms with E-state index in [9.17, 15) is 4.79 Å². The van der Waals surface area contributed by atoms with Crippen molar-refractivity contribution in [1.82, 2.24) is 19.3 Å². The second kappa shape index (κ2) is 7.04. The molecule has 1 fully saturated rings. The van der Waals surface area contributed by atoms with Gasteiger partial charge in [0, 0.05) is 32.4 Å². The third kappa shape index (κ3) is 3.00. The number of piperazine rings is 1. The summed E-state index contributed by atoms with van der Waals surface area (Å²) >= 11 is 1.66. The van der Waals surface area contributed by atoms with E-state index in [1.165, 1.54) is 0 Å². The molecule has 0 N–H and O–H groups in total. The average Bonchev–Trinajstić information content (AvgIpc) is 3.33. The molecule has 4 aromatic rings. The van der Waals surface area contributed by atoms with Crippen molar-refractivity contribution in [3.8, 4) is 5.75 Å². The van der Waals surface area contributed by atoms with Crippen LogP contribution in [0.5, 0.6) is 5.75 Å². The van der Waals surface area contributed by atoms with Crippen molar-refractivity contribution in [3.63, 3.8) is 0 Å². The molecule has 148 valence electrons. The van der Waals surface area contributed by atoms with Crippen LogP contribution in [0.4, 0.5) is 5.13 Å². The monoisotopic (exact) mass is 407 g/mol. The molecule has 0 spiro atoms. The molecule has 1 saturated heterocycles. The molecule has 0 radical (unpaired) electrons. The average molecular weight is 407 g/mol. The van der Waals surface area contributed by atoms with Gasteiger partial charge in [0.05, 0.1) is 17.5 Å². The van der Waals surface area contributed by atoms with Crippen molar-refractivity contribution in [2.75, 3.05) is 38.2 Å². The van der Waals surface area contributed by atoms with Crippen LogP contribution in [0.15, 0.2) is 42.6 Å². The minimum atomic E-state index is 0.0341. The molecule has 8 heteroatoms. The second-order valence-corrected chi connectivity index (χ2v) is 8.07. The van der Waals surface area contributed by atoms with E-state index in [0.717, 1.165) is 45.5 Å². The van der Waals surface area contributed by atoms with Crippen molar-refractivity contribution in [2.24, 2.45) is 0 Å². The smallest absolute Gasteiger partial charge is 0.272 e. The van der Waals surface area contributed by atoms with Gasteiger partial charge >= 0.3 is 0 Å². The van der Waals surface area contributed by atoms with E-state index in [1.54, 1.807) is 18.4 Å². The van der Waals surface area contributed by atoms with Crippen molar-refractivity contribution < 1.29 is 9.53 Å². The fourth-order valence-electron chi connectivity index (χ4n) is 3.83. The summed E-state index contributed by atoms with van der Waals surface area (Å²) in [6, 6.07) is 11.8. The van der Waals surface area contributed by atoms with Crippen molar-refractivity contribution in [2.45, 2.75) is 6.92 Å². The van der Waals surface area contributed by atoms with Crippen molar-refractivity contribution in [3.05, 3.63) is 54.0 Å². The largest absolute Gasteiger partial charge is 0.494 e. The summed E-state index contributed by atoms with van der Waals surface area (Å²) in [5.41, 5.74) is 3.12. The number of hydrogen-bond acceptors (Lipinski definition) is 6. The number of hydrogen-bond donors (Lipinski definition) is 0. The Labute approximate surface area is 172 Å². The number of anilines is 1. The molecule has 0 aliphatic carbocycles. The molecule has 1 aliphatic rings. The number of thiazole rings is 1. The molecule has 0 saturated carbocycles. The number of pyridine rings is 1. The molecule has 5 rings (SSSR count). The molecule has 1 amide bonds. The quantitative estimate of drug-likeness (QED) is 0.522. The van der Waals surface area contributed by atoms with E-state index in [-0.39, 0.29) is 5.91 Å². The van der Waals surface area contributed by atoms with E-state index in [2.05, 4.69) is 16.0 Å². The summed E-state index contributed by atoms with van der Waals surface area (Å²) in [5, 5.41) is 0.975. The Morgan fingerprint density at radius 2 is 1.90 bits per heavy atom. The minimum Gasteiger partial charge on any atom is -0.494 e. The SMILES string of the molecule is COc1cccc2sc(N3CCN(C(=O)c4c(C)nc5ccccn45)CC3)nc12. The zero-order valence-electron chi connectivity index (χ0n) is 16.3. The molecule has 7 nitrogen and oxygen atoms in total. The summed E-state index contributed by atoms with van der Waals surface area (Å²) in [4.78, 5) is 26.6. The van der Waals surface area contributed by atoms with Gasteiger partial charge in [-0.1, -0.05) is 23.5 Å². The Hall–Kier alpha value is -3.13. The topological polar surface area (TPSA) is 63.0 Å². The van der Waals surface area contributed by atoms with Gasteiger partial charge in [0.25, 0.3) is 5.91 Å². The lowest BCUT2D eigenvalue weighted by Gasteiger charge is -2.34. The number of ether oxygens (including phenoxy) is 1. The van der Waals surface area contributed by atoms with Gasteiger partial charge < -0.3 is 14.5 Å². The Morgan fingerprint density at radius 3 is 2.69 bits per heavy atom. The number of methoxy groups -OCH3 is 1. The predicted molar refractivity (Wildman–Crippen MR) is 114 cm³/mol. The number of carbonyl (C=O) groups excluding carboxylic acids is 1. The number of aromatic nitrogens is 3. The van der Waals surface area contributed by atoms with Crippen LogP contribution < -0.4 is 9.64 Å². The van der Waals surface area contributed by atoms with Crippen LogP contribution in [0.2, 0.25) is 0 Å².